The summed E-state index contributed by atoms with van der Waals surface area (Å²) in [6.07, 6.45) is 0. The lowest BCUT2D eigenvalue weighted by Gasteiger charge is -1.98. The lowest BCUT2D eigenvalue weighted by Crippen LogP contribution is -2.34. The highest BCUT2D eigenvalue weighted by Crippen LogP contribution is 1.57. The van der Waals surface area contributed by atoms with Crippen molar-refractivity contribution in [3.8, 4) is 0 Å². The van der Waals surface area contributed by atoms with Gasteiger partial charge < -0.3 is 10.9 Å². The van der Waals surface area contributed by atoms with Crippen LogP contribution in [0.5, 0.6) is 0 Å². The molecule has 36 valence electrons. The standard InChI is InChI=1S/C2H8N4/c1-2(5-3)6-4/h5-6H,1,3-4H2. The predicted molar refractivity (Wildman–Crippen MR) is 23.8 cm³/mol. The van der Waals surface area contributed by atoms with Crippen LogP contribution in [0, 0.1) is 0 Å². The van der Waals surface area contributed by atoms with Crippen molar-refractivity contribution in [2.75, 3.05) is 0 Å². The molecule has 0 aromatic carbocycles. The number of nitrogens with two attached hydrogens (primary N) is 2. The highest BCUT2D eigenvalue weighted by Gasteiger charge is 1.72. The van der Waals surface area contributed by atoms with Gasteiger partial charge in [-0.1, -0.05) is 6.58 Å². The Labute approximate surface area is 36.1 Å². The van der Waals surface area contributed by atoms with Gasteiger partial charge in [0.15, 0.2) is 0 Å². The summed E-state index contributed by atoms with van der Waals surface area (Å²) in [6.45, 7) is 3.32. The summed E-state index contributed by atoms with van der Waals surface area (Å²) in [7, 11) is 0. The Morgan fingerprint density at radius 3 is 1.67 bits per heavy atom. The molecule has 0 aromatic heterocycles. The first kappa shape index (κ1) is 5.26. The van der Waals surface area contributed by atoms with Crippen LogP contribution in [0.1, 0.15) is 0 Å². The van der Waals surface area contributed by atoms with Crippen LogP contribution >= 0.6 is 0 Å². The second-order valence-corrected chi connectivity index (χ2v) is 0.767. The van der Waals surface area contributed by atoms with E-state index >= 15 is 0 Å². The molecule has 0 fully saturated rings. The molecule has 0 atom stereocenters. The zero-order valence-electron chi connectivity index (χ0n) is 3.36. The van der Waals surface area contributed by atoms with Crippen molar-refractivity contribution in [3.63, 3.8) is 0 Å². The number of nitrogens with one attached hydrogen (secondary N) is 2. The molecule has 0 bridgehead atoms. The van der Waals surface area contributed by atoms with E-state index in [0.29, 0.717) is 5.82 Å². The fourth-order valence-corrected chi connectivity index (χ4v) is 0.0417. The van der Waals surface area contributed by atoms with Gasteiger partial charge in [-0.15, -0.1) is 0 Å². The molecule has 6 N–H and O–H groups in total. The third-order valence-corrected chi connectivity index (χ3v) is 0.348. The van der Waals surface area contributed by atoms with E-state index < -0.39 is 0 Å². The SMILES string of the molecule is C=C(NN)NN. The quantitative estimate of drug-likeness (QED) is 0.242. The predicted octanol–water partition coefficient (Wildman–Crippen LogP) is -1.62. The summed E-state index contributed by atoms with van der Waals surface area (Å²) >= 11 is 0. The molecule has 0 rings (SSSR count). The molecule has 0 heterocycles. The highest BCUT2D eigenvalue weighted by molar-refractivity contribution is 4.80. The van der Waals surface area contributed by atoms with E-state index in [9.17, 15) is 0 Å². The van der Waals surface area contributed by atoms with Crippen LogP contribution in [0.4, 0.5) is 0 Å². The Hall–Kier alpha value is -0.740. The second kappa shape index (κ2) is 2.49. The van der Waals surface area contributed by atoms with Crippen molar-refractivity contribution in [1.29, 1.82) is 0 Å². The number of hydrazine groups is 2. The van der Waals surface area contributed by atoms with Gasteiger partial charge in [-0.2, -0.15) is 0 Å². The van der Waals surface area contributed by atoms with E-state index in [1.165, 1.54) is 0 Å². The zero-order valence-corrected chi connectivity index (χ0v) is 3.36. The average Bonchev–Trinajstić information content (AvgIpc) is 1.65. The molecular weight excluding hydrogens is 80.0 g/mol. The first-order valence-electron chi connectivity index (χ1n) is 1.43. The molecule has 0 aliphatic heterocycles. The lowest BCUT2D eigenvalue weighted by molar-refractivity contribution is 0.743. The van der Waals surface area contributed by atoms with E-state index in [1.54, 1.807) is 0 Å². The molecule has 0 spiro atoms. The maximum absolute atomic E-state index is 4.79. The van der Waals surface area contributed by atoms with Gasteiger partial charge in [0.1, 0.15) is 5.82 Å². The van der Waals surface area contributed by atoms with Crippen LogP contribution in [0.2, 0.25) is 0 Å². The molecular formula is C2H8N4. The van der Waals surface area contributed by atoms with Gasteiger partial charge >= 0.3 is 0 Å². The summed E-state index contributed by atoms with van der Waals surface area (Å²) in [5.74, 6) is 9.98. The van der Waals surface area contributed by atoms with Crippen molar-refractivity contribution in [2.45, 2.75) is 0 Å². The minimum atomic E-state index is 0.398. The Kier molecular flexibility index (Phi) is 2.19. The van der Waals surface area contributed by atoms with Crippen LogP contribution in [0.3, 0.4) is 0 Å². The van der Waals surface area contributed by atoms with E-state index in [1.807, 2.05) is 0 Å². The normalized spacial score (nSPS) is 7.00. The molecule has 6 heavy (non-hydrogen) atoms. The van der Waals surface area contributed by atoms with Crippen LogP contribution in [-0.2, 0) is 0 Å². The van der Waals surface area contributed by atoms with Crippen molar-refractivity contribution >= 4 is 0 Å². The average molecular weight is 88.1 g/mol. The van der Waals surface area contributed by atoms with Gasteiger partial charge in [0.05, 0.1) is 0 Å². The van der Waals surface area contributed by atoms with Gasteiger partial charge in [0, 0.05) is 0 Å². The van der Waals surface area contributed by atoms with Gasteiger partial charge in [0.25, 0.3) is 0 Å². The summed E-state index contributed by atoms with van der Waals surface area (Å²) in [4.78, 5) is 0. The third-order valence-electron chi connectivity index (χ3n) is 0.348. The van der Waals surface area contributed by atoms with Crippen molar-refractivity contribution in [1.82, 2.24) is 10.9 Å². The molecule has 0 aliphatic rings. The summed E-state index contributed by atoms with van der Waals surface area (Å²) in [6, 6.07) is 0. The fraction of sp³-hybridized carbons (Fsp3) is 0. The minimum Gasteiger partial charge on any atom is -0.310 e. The Balaban J connectivity index is 2.99. The van der Waals surface area contributed by atoms with Gasteiger partial charge in [-0.25, -0.2) is 11.7 Å². The zero-order chi connectivity index (χ0) is 4.99. The Morgan fingerprint density at radius 2 is 1.67 bits per heavy atom. The van der Waals surface area contributed by atoms with E-state index in [-0.39, 0.29) is 0 Å². The molecule has 0 radical (unpaired) electrons. The molecule has 0 amide bonds. The van der Waals surface area contributed by atoms with Crippen LogP contribution in [-0.4, -0.2) is 0 Å². The lowest BCUT2D eigenvalue weighted by atomic mass is 10.9. The summed E-state index contributed by atoms with van der Waals surface area (Å²) < 4.78 is 0. The van der Waals surface area contributed by atoms with E-state index in [2.05, 4.69) is 17.4 Å². The molecule has 4 nitrogen and oxygen atoms in total. The Morgan fingerprint density at radius 1 is 1.33 bits per heavy atom. The third kappa shape index (κ3) is 1.57. The van der Waals surface area contributed by atoms with Crippen LogP contribution in [0.25, 0.3) is 0 Å². The number of hydrogen-bond donors (Lipinski definition) is 4. The summed E-state index contributed by atoms with van der Waals surface area (Å²) in [5, 5.41) is 0. The monoisotopic (exact) mass is 88.1 g/mol. The first-order valence-corrected chi connectivity index (χ1v) is 1.43. The molecule has 0 unspecified atom stereocenters. The van der Waals surface area contributed by atoms with Crippen molar-refractivity contribution < 1.29 is 0 Å². The number of hydrogen-bond acceptors (Lipinski definition) is 4. The smallest absolute Gasteiger partial charge is 0.120 e. The molecule has 4 heteroatoms. The first-order chi connectivity index (χ1) is 2.81. The maximum Gasteiger partial charge on any atom is 0.120 e. The molecule has 0 saturated carbocycles. The minimum absolute atomic E-state index is 0.398. The molecule has 0 aromatic rings. The largest absolute Gasteiger partial charge is 0.310 e. The second-order valence-electron chi connectivity index (χ2n) is 0.767. The highest BCUT2D eigenvalue weighted by atomic mass is 15.4. The van der Waals surface area contributed by atoms with Crippen molar-refractivity contribution in [3.05, 3.63) is 12.4 Å². The maximum atomic E-state index is 4.79. The van der Waals surface area contributed by atoms with Gasteiger partial charge in [-0.05, 0) is 0 Å². The molecule has 0 aliphatic carbocycles. The van der Waals surface area contributed by atoms with Gasteiger partial charge in [0.2, 0.25) is 0 Å². The van der Waals surface area contributed by atoms with Crippen LogP contribution in [0.15, 0.2) is 12.4 Å². The van der Waals surface area contributed by atoms with Crippen LogP contribution < -0.4 is 22.5 Å². The van der Waals surface area contributed by atoms with Crippen molar-refractivity contribution in [2.24, 2.45) is 11.7 Å². The number of rotatable bonds is 2. The molecule has 0 saturated heterocycles. The van der Waals surface area contributed by atoms with Gasteiger partial charge in [-0.3, -0.25) is 0 Å². The topological polar surface area (TPSA) is 76.1 Å². The van der Waals surface area contributed by atoms with E-state index in [4.69, 9.17) is 11.7 Å². The summed E-state index contributed by atoms with van der Waals surface area (Å²) in [5.41, 5.74) is 4.37. The fourth-order valence-electron chi connectivity index (χ4n) is 0.0417. The Bertz CT molecular complexity index is 43.5. The van der Waals surface area contributed by atoms with E-state index in [0.717, 1.165) is 0 Å².